The van der Waals surface area contributed by atoms with Crippen LogP contribution in [-0.4, -0.2) is 91.3 Å². The average Bonchev–Trinajstić information content (AvgIpc) is 3.44. The third-order valence-corrected chi connectivity index (χ3v) is 9.80. The topological polar surface area (TPSA) is 119 Å². The van der Waals surface area contributed by atoms with Crippen molar-refractivity contribution in [3.8, 4) is 5.69 Å². The Morgan fingerprint density at radius 2 is 1.73 bits per heavy atom. The Balaban J connectivity index is 1.14. The van der Waals surface area contributed by atoms with E-state index in [1.165, 1.54) is 46.1 Å². The minimum Gasteiger partial charge on any atom is -0.444 e. The van der Waals surface area contributed by atoms with Crippen molar-refractivity contribution in [2.45, 2.75) is 75.9 Å². The van der Waals surface area contributed by atoms with Crippen molar-refractivity contribution in [1.29, 1.82) is 0 Å². The van der Waals surface area contributed by atoms with Gasteiger partial charge in [0.1, 0.15) is 17.1 Å². The molecule has 52 heavy (non-hydrogen) atoms. The van der Waals surface area contributed by atoms with Crippen molar-refractivity contribution in [2.24, 2.45) is 0 Å². The second-order valence-corrected chi connectivity index (χ2v) is 14.8. The highest BCUT2D eigenvalue weighted by Gasteiger charge is 2.43. The molecule has 11 nitrogen and oxygen atoms in total. The van der Waals surface area contributed by atoms with Crippen molar-refractivity contribution in [1.82, 2.24) is 23.9 Å². The van der Waals surface area contributed by atoms with Gasteiger partial charge in [-0.05, 0) is 62.9 Å². The number of fused-ring (bicyclic) bond motifs is 1. The fourth-order valence-corrected chi connectivity index (χ4v) is 7.05. The predicted octanol–water partition coefficient (Wildman–Crippen LogP) is 6.24. The van der Waals surface area contributed by atoms with E-state index < -0.39 is 47.3 Å². The molecule has 1 N–H and O–H groups in total. The van der Waals surface area contributed by atoms with Crippen LogP contribution in [0.25, 0.3) is 16.7 Å². The predicted molar refractivity (Wildman–Crippen MR) is 187 cm³/mol. The molecule has 2 atom stereocenters. The van der Waals surface area contributed by atoms with Gasteiger partial charge < -0.3 is 19.5 Å². The Labute approximate surface area is 303 Å². The molecule has 2 aliphatic heterocycles. The van der Waals surface area contributed by atoms with E-state index in [4.69, 9.17) is 21.1 Å². The number of alkyl halides is 3. The number of morpholine rings is 1. The quantitative estimate of drug-likeness (QED) is 0.238. The van der Waals surface area contributed by atoms with E-state index >= 15 is 0 Å². The summed E-state index contributed by atoms with van der Waals surface area (Å²) >= 11 is 6.64. The molecule has 6 rings (SSSR count). The summed E-state index contributed by atoms with van der Waals surface area (Å²) in [5.41, 5.74) is -0.687. The lowest BCUT2D eigenvalue weighted by Crippen LogP contribution is -2.50. The molecular formula is C37H41ClF3N5O6. The monoisotopic (exact) mass is 743 g/mol. The van der Waals surface area contributed by atoms with E-state index in [0.717, 1.165) is 5.56 Å². The lowest BCUT2D eigenvalue weighted by molar-refractivity contribution is -0.162. The van der Waals surface area contributed by atoms with Crippen LogP contribution in [0.2, 0.25) is 5.15 Å². The van der Waals surface area contributed by atoms with Gasteiger partial charge in [-0.2, -0.15) is 13.2 Å². The fourth-order valence-electron chi connectivity index (χ4n) is 6.77. The molecule has 2 aromatic carbocycles. The van der Waals surface area contributed by atoms with Gasteiger partial charge in [-0.25, -0.2) is 9.78 Å². The Kier molecular flexibility index (Phi) is 10.5. The van der Waals surface area contributed by atoms with Crippen LogP contribution in [0, 0.1) is 0 Å². The SMILES string of the molecule is CC(C)(C)OC(=O)N1CCOC[C@@H]1c1ccc(-n2c(Cl)cc3c(=O)n(CC4(O)CCN(C(=O)C[C@H](c5ccccc5)C(F)(F)F)CC4)cnc32)cc1. The third-order valence-electron chi connectivity index (χ3n) is 9.52. The molecule has 0 unspecified atom stereocenters. The van der Waals surface area contributed by atoms with Gasteiger partial charge in [-0.3, -0.25) is 23.6 Å². The number of carbonyl (C=O) groups excluding carboxylic acids is 2. The number of nitrogens with zero attached hydrogens (tertiary/aromatic N) is 5. The van der Waals surface area contributed by atoms with Gasteiger partial charge in [-0.1, -0.05) is 54.1 Å². The molecule has 278 valence electrons. The molecule has 0 bridgehead atoms. The number of aromatic nitrogens is 3. The molecule has 4 heterocycles. The lowest BCUT2D eigenvalue weighted by Gasteiger charge is -2.39. The average molecular weight is 744 g/mol. The van der Waals surface area contributed by atoms with Crippen molar-refractivity contribution in [3.63, 3.8) is 0 Å². The van der Waals surface area contributed by atoms with E-state index in [9.17, 15) is 32.7 Å². The molecule has 2 aromatic heterocycles. The fraction of sp³-hybridized carbons (Fsp3) is 0.459. The van der Waals surface area contributed by atoms with Gasteiger partial charge in [0.25, 0.3) is 5.56 Å². The number of rotatable bonds is 7. The van der Waals surface area contributed by atoms with Gasteiger partial charge in [0.2, 0.25) is 5.91 Å². The van der Waals surface area contributed by atoms with Crippen LogP contribution in [0.5, 0.6) is 0 Å². The maximum Gasteiger partial charge on any atom is 0.410 e. The van der Waals surface area contributed by atoms with Gasteiger partial charge >= 0.3 is 12.3 Å². The number of aliphatic hydroxyl groups is 1. The largest absolute Gasteiger partial charge is 0.444 e. The summed E-state index contributed by atoms with van der Waals surface area (Å²) in [6, 6.07) is 15.8. The van der Waals surface area contributed by atoms with E-state index in [2.05, 4.69) is 4.98 Å². The van der Waals surface area contributed by atoms with Crippen molar-refractivity contribution in [3.05, 3.63) is 93.6 Å². The molecule has 2 amide bonds. The first-order chi connectivity index (χ1) is 24.5. The zero-order chi connectivity index (χ0) is 37.4. The van der Waals surface area contributed by atoms with Crippen LogP contribution in [-0.2, 0) is 20.8 Å². The standard InChI is InChI=1S/C37H41ClF3N5O6/c1-35(2,3)52-34(49)45-17-18-51-21-29(45)25-9-11-26(12-10-25)46-30(38)19-27-32(46)42-23-44(33(27)48)22-36(50)13-15-43(16-14-36)31(47)20-28(37(39,40)41)24-7-5-4-6-8-24/h4-12,19,23,28-29,50H,13-18,20-22H2,1-3H3/t28-,29-/m1/s1. The number of benzene rings is 2. The van der Waals surface area contributed by atoms with Crippen molar-refractivity contribution >= 4 is 34.6 Å². The summed E-state index contributed by atoms with van der Waals surface area (Å²) in [5.74, 6) is -2.58. The highest BCUT2D eigenvalue weighted by Crippen LogP contribution is 2.38. The second-order valence-electron chi connectivity index (χ2n) is 14.4. The normalized spacial score (nSPS) is 18.7. The van der Waals surface area contributed by atoms with Crippen LogP contribution >= 0.6 is 11.6 Å². The molecule has 4 aromatic rings. The summed E-state index contributed by atoms with van der Waals surface area (Å²) in [6.07, 6.45) is -4.29. The summed E-state index contributed by atoms with van der Waals surface area (Å²) in [7, 11) is 0. The van der Waals surface area contributed by atoms with Gasteiger partial charge in [0.05, 0.1) is 42.7 Å². The highest BCUT2D eigenvalue weighted by molar-refractivity contribution is 6.31. The summed E-state index contributed by atoms with van der Waals surface area (Å²) in [6.45, 7) is 6.49. The van der Waals surface area contributed by atoms with Crippen LogP contribution < -0.4 is 5.56 Å². The first-order valence-corrected chi connectivity index (χ1v) is 17.5. The minimum absolute atomic E-state index is 0.0197. The number of ether oxygens (including phenoxy) is 2. The highest BCUT2D eigenvalue weighted by atomic mass is 35.5. The molecule has 0 saturated carbocycles. The van der Waals surface area contributed by atoms with Gasteiger partial charge in [0.15, 0.2) is 5.65 Å². The van der Waals surface area contributed by atoms with Crippen LogP contribution in [0.1, 0.15) is 63.1 Å². The molecule has 2 saturated heterocycles. The number of halogens is 4. The lowest BCUT2D eigenvalue weighted by atomic mass is 9.89. The maximum atomic E-state index is 13.9. The van der Waals surface area contributed by atoms with E-state index in [-0.39, 0.29) is 54.6 Å². The first-order valence-electron chi connectivity index (χ1n) is 17.1. The molecule has 0 radical (unpaired) electrons. The number of piperidine rings is 1. The Bertz CT molecular complexity index is 1970. The number of carbonyl (C=O) groups is 2. The van der Waals surface area contributed by atoms with E-state index in [1.807, 2.05) is 45.0 Å². The number of hydrogen-bond acceptors (Lipinski definition) is 7. The maximum absolute atomic E-state index is 13.9. The molecule has 0 spiro atoms. The molecule has 2 fully saturated rings. The van der Waals surface area contributed by atoms with Crippen molar-refractivity contribution < 1.29 is 37.3 Å². The van der Waals surface area contributed by atoms with E-state index in [1.54, 1.807) is 15.5 Å². The Hall–Kier alpha value is -4.40. The number of amides is 2. The molecule has 2 aliphatic rings. The summed E-state index contributed by atoms with van der Waals surface area (Å²) in [4.78, 5) is 47.0. The van der Waals surface area contributed by atoms with Crippen LogP contribution in [0.4, 0.5) is 18.0 Å². The zero-order valence-corrected chi connectivity index (χ0v) is 29.9. The van der Waals surface area contributed by atoms with Gasteiger partial charge in [-0.15, -0.1) is 0 Å². The number of likely N-dealkylation sites (tertiary alicyclic amines) is 1. The number of hydrogen-bond donors (Lipinski definition) is 1. The zero-order valence-electron chi connectivity index (χ0n) is 29.1. The first kappa shape index (κ1) is 37.4. The minimum atomic E-state index is -4.60. The third kappa shape index (κ3) is 8.13. The van der Waals surface area contributed by atoms with Crippen LogP contribution in [0.3, 0.4) is 0 Å². The molecule has 0 aliphatic carbocycles. The van der Waals surface area contributed by atoms with Gasteiger partial charge in [0, 0.05) is 31.7 Å². The molecule has 15 heteroatoms. The van der Waals surface area contributed by atoms with Crippen LogP contribution in [0.15, 0.2) is 71.8 Å². The smallest absolute Gasteiger partial charge is 0.410 e. The van der Waals surface area contributed by atoms with Crippen molar-refractivity contribution in [2.75, 3.05) is 32.8 Å². The second kappa shape index (κ2) is 14.6. The Morgan fingerprint density at radius 3 is 2.37 bits per heavy atom. The summed E-state index contributed by atoms with van der Waals surface area (Å²) in [5, 5.41) is 11.9. The Morgan fingerprint density at radius 1 is 1.06 bits per heavy atom. The molecular weight excluding hydrogens is 703 g/mol. The van der Waals surface area contributed by atoms with E-state index in [0.29, 0.717) is 31.1 Å². The summed E-state index contributed by atoms with van der Waals surface area (Å²) < 4.78 is 55.8.